The van der Waals surface area contributed by atoms with Gasteiger partial charge in [-0.3, -0.25) is 0 Å². The van der Waals surface area contributed by atoms with Crippen LogP contribution in [0.5, 0.6) is 11.5 Å². The molecule has 19 heavy (non-hydrogen) atoms. The molecule has 3 aromatic rings. The zero-order valence-electron chi connectivity index (χ0n) is 10.6. The lowest BCUT2D eigenvalue weighted by Gasteiger charge is -2.06. The Labute approximate surface area is 111 Å². The minimum Gasteiger partial charge on any atom is -0.497 e. The van der Waals surface area contributed by atoms with Crippen molar-refractivity contribution in [3.8, 4) is 11.5 Å². The van der Waals surface area contributed by atoms with Crippen molar-refractivity contribution in [2.75, 3.05) is 7.11 Å². The lowest BCUT2D eigenvalue weighted by Crippen LogP contribution is -1.94. The molecule has 0 saturated heterocycles. The molecule has 3 nitrogen and oxygen atoms in total. The Balaban J connectivity index is 1.78. The molecule has 0 spiro atoms. The van der Waals surface area contributed by atoms with Gasteiger partial charge in [-0.15, -0.1) is 0 Å². The van der Waals surface area contributed by atoms with Crippen LogP contribution in [0.2, 0.25) is 0 Å². The van der Waals surface area contributed by atoms with Gasteiger partial charge in [0, 0.05) is 17.0 Å². The zero-order chi connectivity index (χ0) is 13.1. The van der Waals surface area contributed by atoms with Crippen molar-refractivity contribution >= 4 is 11.0 Å². The SMILES string of the molecule is COc1cccc(OCc2coc3ccccc23)c1. The van der Waals surface area contributed by atoms with E-state index < -0.39 is 0 Å². The highest BCUT2D eigenvalue weighted by molar-refractivity contribution is 5.80. The van der Waals surface area contributed by atoms with E-state index >= 15 is 0 Å². The fourth-order valence-electron chi connectivity index (χ4n) is 2.00. The van der Waals surface area contributed by atoms with Gasteiger partial charge in [0.05, 0.1) is 13.4 Å². The molecule has 0 atom stereocenters. The molecular weight excluding hydrogens is 240 g/mol. The average Bonchev–Trinajstić information content (AvgIpc) is 2.89. The van der Waals surface area contributed by atoms with E-state index in [4.69, 9.17) is 13.9 Å². The molecule has 2 aromatic carbocycles. The minimum absolute atomic E-state index is 0.476. The summed E-state index contributed by atoms with van der Waals surface area (Å²) in [6.45, 7) is 0.476. The molecule has 0 aliphatic heterocycles. The van der Waals surface area contributed by atoms with Gasteiger partial charge < -0.3 is 13.9 Å². The first-order valence-corrected chi connectivity index (χ1v) is 6.09. The summed E-state index contributed by atoms with van der Waals surface area (Å²) in [5.74, 6) is 1.57. The minimum atomic E-state index is 0.476. The van der Waals surface area contributed by atoms with Crippen LogP contribution in [0.1, 0.15) is 5.56 Å². The highest BCUT2D eigenvalue weighted by atomic mass is 16.5. The Hall–Kier alpha value is -2.42. The number of fused-ring (bicyclic) bond motifs is 1. The van der Waals surface area contributed by atoms with E-state index in [-0.39, 0.29) is 0 Å². The molecule has 0 saturated carbocycles. The molecule has 0 bridgehead atoms. The normalized spacial score (nSPS) is 10.6. The summed E-state index contributed by atoms with van der Waals surface area (Å²) in [4.78, 5) is 0. The number of rotatable bonds is 4. The summed E-state index contributed by atoms with van der Waals surface area (Å²) < 4.78 is 16.4. The Morgan fingerprint density at radius 1 is 1.00 bits per heavy atom. The lowest BCUT2D eigenvalue weighted by molar-refractivity contribution is 0.303. The van der Waals surface area contributed by atoms with Crippen molar-refractivity contribution in [2.45, 2.75) is 6.61 Å². The number of para-hydroxylation sites is 1. The zero-order valence-corrected chi connectivity index (χ0v) is 10.6. The van der Waals surface area contributed by atoms with E-state index in [0.717, 1.165) is 28.0 Å². The number of furan rings is 1. The van der Waals surface area contributed by atoms with Crippen LogP contribution in [-0.2, 0) is 6.61 Å². The monoisotopic (exact) mass is 254 g/mol. The van der Waals surface area contributed by atoms with Crippen LogP contribution in [0.25, 0.3) is 11.0 Å². The second-order valence-corrected chi connectivity index (χ2v) is 4.22. The van der Waals surface area contributed by atoms with Crippen molar-refractivity contribution in [1.29, 1.82) is 0 Å². The second-order valence-electron chi connectivity index (χ2n) is 4.22. The summed E-state index contributed by atoms with van der Waals surface area (Å²) in [6.07, 6.45) is 1.74. The smallest absolute Gasteiger partial charge is 0.134 e. The average molecular weight is 254 g/mol. The van der Waals surface area contributed by atoms with Crippen LogP contribution in [0.4, 0.5) is 0 Å². The van der Waals surface area contributed by atoms with Gasteiger partial charge in [0.1, 0.15) is 23.7 Å². The van der Waals surface area contributed by atoms with Crippen molar-refractivity contribution in [1.82, 2.24) is 0 Å². The molecule has 0 aliphatic rings. The van der Waals surface area contributed by atoms with Crippen molar-refractivity contribution < 1.29 is 13.9 Å². The Kier molecular flexibility index (Phi) is 3.11. The topological polar surface area (TPSA) is 31.6 Å². The number of hydrogen-bond donors (Lipinski definition) is 0. The molecule has 3 rings (SSSR count). The van der Waals surface area contributed by atoms with Crippen LogP contribution < -0.4 is 9.47 Å². The summed E-state index contributed by atoms with van der Waals surface area (Å²) in [6, 6.07) is 15.5. The summed E-state index contributed by atoms with van der Waals surface area (Å²) in [7, 11) is 1.64. The van der Waals surface area contributed by atoms with Crippen LogP contribution in [-0.4, -0.2) is 7.11 Å². The number of hydrogen-bond acceptors (Lipinski definition) is 3. The number of methoxy groups -OCH3 is 1. The standard InChI is InChI=1S/C16H14O3/c1-17-13-5-4-6-14(9-13)18-10-12-11-19-16-8-3-2-7-15(12)16/h2-9,11H,10H2,1H3. The summed E-state index contributed by atoms with van der Waals surface area (Å²) >= 11 is 0. The fraction of sp³-hybridized carbons (Fsp3) is 0.125. The van der Waals surface area contributed by atoms with E-state index in [1.807, 2.05) is 48.5 Å². The van der Waals surface area contributed by atoms with Gasteiger partial charge in [-0.25, -0.2) is 0 Å². The number of benzene rings is 2. The van der Waals surface area contributed by atoms with Crippen LogP contribution in [0.3, 0.4) is 0 Å². The fourth-order valence-corrected chi connectivity index (χ4v) is 2.00. The van der Waals surface area contributed by atoms with Gasteiger partial charge in [-0.05, 0) is 18.2 Å². The third-order valence-corrected chi connectivity index (χ3v) is 3.00. The molecule has 0 aliphatic carbocycles. The Morgan fingerprint density at radius 2 is 1.84 bits per heavy atom. The van der Waals surface area contributed by atoms with E-state index in [2.05, 4.69) is 0 Å². The first-order chi connectivity index (χ1) is 9.36. The van der Waals surface area contributed by atoms with Gasteiger partial charge in [0.2, 0.25) is 0 Å². The van der Waals surface area contributed by atoms with E-state index in [9.17, 15) is 0 Å². The predicted octanol–water partition coefficient (Wildman–Crippen LogP) is 4.02. The molecule has 0 N–H and O–H groups in total. The van der Waals surface area contributed by atoms with Crippen molar-refractivity contribution in [3.05, 3.63) is 60.4 Å². The molecule has 0 fully saturated rings. The maximum Gasteiger partial charge on any atom is 0.134 e. The maximum atomic E-state index is 5.76. The van der Waals surface area contributed by atoms with E-state index in [0.29, 0.717) is 6.61 Å². The molecular formula is C16H14O3. The van der Waals surface area contributed by atoms with Gasteiger partial charge in [-0.1, -0.05) is 24.3 Å². The first-order valence-electron chi connectivity index (χ1n) is 6.09. The van der Waals surface area contributed by atoms with Gasteiger partial charge >= 0.3 is 0 Å². The molecule has 1 aromatic heterocycles. The van der Waals surface area contributed by atoms with Crippen LogP contribution in [0.15, 0.2) is 59.2 Å². The molecule has 1 heterocycles. The second kappa shape index (κ2) is 5.06. The lowest BCUT2D eigenvalue weighted by atomic mass is 10.2. The summed E-state index contributed by atoms with van der Waals surface area (Å²) in [5.41, 5.74) is 1.92. The van der Waals surface area contributed by atoms with Crippen molar-refractivity contribution in [2.24, 2.45) is 0 Å². The van der Waals surface area contributed by atoms with Crippen LogP contribution in [0, 0.1) is 0 Å². The molecule has 3 heteroatoms. The highest BCUT2D eigenvalue weighted by Gasteiger charge is 2.05. The number of ether oxygens (including phenoxy) is 2. The molecule has 96 valence electrons. The van der Waals surface area contributed by atoms with Gasteiger partial charge in [0.25, 0.3) is 0 Å². The van der Waals surface area contributed by atoms with Gasteiger partial charge in [-0.2, -0.15) is 0 Å². The third-order valence-electron chi connectivity index (χ3n) is 3.00. The molecule has 0 radical (unpaired) electrons. The maximum absolute atomic E-state index is 5.76. The van der Waals surface area contributed by atoms with E-state index in [1.54, 1.807) is 13.4 Å². The van der Waals surface area contributed by atoms with Crippen molar-refractivity contribution in [3.63, 3.8) is 0 Å². The van der Waals surface area contributed by atoms with Gasteiger partial charge in [0.15, 0.2) is 0 Å². The predicted molar refractivity (Wildman–Crippen MR) is 73.5 cm³/mol. The Bertz CT molecular complexity index is 685. The molecule has 0 unspecified atom stereocenters. The highest BCUT2D eigenvalue weighted by Crippen LogP contribution is 2.24. The van der Waals surface area contributed by atoms with E-state index in [1.165, 1.54) is 0 Å². The van der Waals surface area contributed by atoms with Crippen LogP contribution >= 0.6 is 0 Å². The third kappa shape index (κ3) is 2.40. The molecule has 0 amide bonds. The Morgan fingerprint density at radius 3 is 2.74 bits per heavy atom. The quantitative estimate of drug-likeness (QED) is 0.704. The largest absolute Gasteiger partial charge is 0.497 e. The first kappa shape index (κ1) is 11.7. The summed E-state index contributed by atoms with van der Waals surface area (Å²) in [5, 5.41) is 1.09.